The fourth-order valence-electron chi connectivity index (χ4n) is 4.34. The van der Waals surface area contributed by atoms with Gasteiger partial charge in [0.1, 0.15) is 0 Å². The predicted molar refractivity (Wildman–Crippen MR) is 91.3 cm³/mol. The fraction of sp³-hybridized carbons (Fsp3) is 0.579. The molecular weight excluding hydrogens is 345 g/mol. The van der Waals surface area contributed by atoms with E-state index < -0.39 is 17.6 Å². The average Bonchev–Trinajstić information content (AvgIpc) is 3.17. The molecule has 0 heterocycles. The first kappa shape index (κ1) is 18.7. The van der Waals surface area contributed by atoms with Crippen molar-refractivity contribution in [3.8, 4) is 0 Å². The largest absolute Gasteiger partial charge is 0.418 e. The minimum Gasteiger partial charge on any atom is -0.336 e. The van der Waals surface area contributed by atoms with Gasteiger partial charge in [-0.05, 0) is 49.1 Å². The van der Waals surface area contributed by atoms with Gasteiger partial charge in [-0.25, -0.2) is 0 Å². The maximum atomic E-state index is 13.0. The molecule has 0 aromatic heterocycles. The van der Waals surface area contributed by atoms with Gasteiger partial charge in [0.05, 0.1) is 17.8 Å². The highest BCUT2D eigenvalue weighted by molar-refractivity contribution is 5.95. The number of nitrogens with zero attached hydrogens (tertiary/aromatic N) is 1. The Labute approximate surface area is 150 Å². The van der Waals surface area contributed by atoms with E-state index in [4.69, 9.17) is 0 Å². The Morgan fingerprint density at radius 2 is 1.92 bits per heavy atom. The zero-order valence-electron chi connectivity index (χ0n) is 14.7. The van der Waals surface area contributed by atoms with Crippen molar-refractivity contribution < 1.29 is 22.8 Å². The highest BCUT2D eigenvalue weighted by Gasteiger charge is 2.40. The fourth-order valence-corrected chi connectivity index (χ4v) is 4.34. The summed E-state index contributed by atoms with van der Waals surface area (Å²) in [5.74, 6) is 0.986. The number of carbonyl (C=O) groups excluding carboxylic acids is 2. The molecule has 2 bridgehead atoms. The molecule has 2 saturated carbocycles. The van der Waals surface area contributed by atoms with Crippen molar-refractivity contribution >= 4 is 17.5 Å². The molecule has 0 radical (unpaired) electrons. The van der Waals surface area contributed by atoms with Crippen LogP contribution in [0.5, 0.6) is 0 Å². The third-order valence-electron chi connectivity index (χ3n) is 5.63. The smallest absolute Gasteiger partial charge is 0.336 e. The maximum Gasteiger partial charge on any atom is 0.418 e. The van der Waals surface area contributed by atoms with Crippen molar-refractivity contribution in [2.24, 2.45) is 17.8 Å². The summed E-state index contributed by atoms with van der Waals surface area (Å²) in [6.45, 7) is -0.258. The number of nitrogens with one attached hydrogen (secondary N) is 1. The first-order chi connectivity index (χ1) is 12.2. The summed E-state index contributed by atoms with van der Waals surface area (Å²) in [5.41, 5.74) is -1.19. The van der Waals surface area contributed by atoms with Crippen LogP contribution in [0.1, 0.15) is 37.7 Å². The minimum absolute atomic E-state index is 0.123. The highest BCUT2D eigenvalue weighted by atomic mass is 19.4. The molecule has 2 fully saturated rings. The molecule has 142 valence electrons. The van der Waals surface area contributed by atoms with Gasteiger partial charge in [-0.2, -0.15) is 13.2 Å². The summed E-state index contributed by atoms with van der Waals surface area (Å²) in [6.07, 6.45) is 0.594. The standard InChI is InChI=1S/C19H23F3N2O2/c1-24(18(26)10-14-9-12-6-7-13(14)8-12)11-17(25)23-16-5-3-2-4-15(16)19(20,21)22/h2-5,12-14H,6-11H2,1H3,(H,23,25)/t12-,13+,14-/m0/s1. The number of rotatable bonds is 5. The summed E-state index contributed by atoms with van der Waals surface area (Å²) >= 11 is 0. The Balaban J connectivity index is 1.54. The molecule has 2 aliphatic carbocycles. The third-order valence-corrected chi connectivity index (χ3v) is 5.63. The second-order valence-electron chi connectivity index (χ2n) is 7.48. The summed E-state index contributed by atoms with van der Waals surface area (Å²) in [7, 11) is 1.52. The lowest BCUT2D eigenvalue weighted by atomic mass is 9.86. The van der Waals surface area contributed by atoms with Crippen molar-refractivity contribution in [3.05, 3.63) is 29.8 Å². The van der Waals surface area contributed by atoms with E-state index in [1.54, 1.807) is 0 Å². The van der Waals surface area contributed by atoms with E-state index in [0.717, 1.165) is 18.4 Å². The maximum absolute atomic E-state index is 13.0. The zero-order chi connectivity index (χ0) is 18.9. The second kappa shape index (κ2) is 7.29. The summed E-state index contributed by atoms with van der Waals surface area (Å²) in [4.78, 5) is 25.8. The Hall–Kier alpha value is -2.05. The van der Waals surface area contributed by atoms with E-state index in [1.165, 1.54) is 49.4 Å². The number of para-hydroxylation sites is 1. The predicted octanol–water partition coefficient (Wildman–Crippen LogP) is 3.93. The number of anilines is 1. The molecule has 1 aromatic carbocycles. The number of benzene rings is 1. The van der Waals surface area contributed by atoms with E-state index in [0.29, 0.717) is 18.3 Å². The molecule has 3 atom stereocenters. The van der Waals surface area contributed by atoms with Crippen LogP contribution in [0.25, 0.3) is 0 Å². The van der Waals surface area contributed by atoms with Gasteiger partial charge in [0.25, 0.3) is 0 Å². The molecule has 2 amide bonds. The summed E-state index contributed by atoms with van der Waals surface area (Å²) in [5, 5.41) is 2.27. The highest BCUT2D eigenvalue weighted by Crippen LogP contribution is 2.49. The van der Waals surface area contributed by atoms with Crippen LogP contribution < -0.4 is 5.32 Å². The number of fused-ring (bicyclic) bond motifs is 2. The van der Waals surface area contributed by atoms with Crippen molar-refractivity contribution in [2.75, 3.05) is 18.9 Å². The van der Waals surface area contributed by atoms with E-state index in [9.17, 15) is 22.8 Å². The van der Waals surface area contributed by atoms with Gasteiger partial charge in [-0.15, -0.1) is 0 Å². The first-order valence-electron chi connectivity index (χ1n) is 8.94. The van der Waals surface area contributed by atoms with E-state index >= 15 is 0 Å². The lowest BCUT2D eigenvalue weighted by Gasteiger charge is -2.24. The number of hydrogen-bond donors (Lipinski definition) is 1. The van der Waals surface area contributed by atoms with Crippen LogP contribution in [0.2, 0.25) is 0 Å². The molecule has 0 aliphatic heterocycles. The average molecular weight is 368 g/mol. The third kappa shape index (κ3) is 4.19. The van der Waals surface area contributed by atoms with Crippen molar-refractivity contribution in [3.63, 3.8) is 0 Å². The molecule has 2 aliphatic rings. The molecular formula is C19H23F3N2O2. The lowest BCUT2D eigenvalue weighted by Crippen LogP contribution is -2.36. The number of carbonyl (C=O) groups is 2. The molecule has 0 unspecified atom stereocenters. The number of halogens is 3. The van der Waals surface area contributed by atoms with Crippen molar-refractivity contribution in [1.82, 2.24) is 4.90 Å². The minimum atomic E-state index is -4.55. The Morgan fingerprint density at radius 3 is 2.54 bits per heavy atom. The molecule has 7 heteroatoms. The van der Waals surface area contributed by atoms with Crippen LogP contribution in [0, 0.1) is 17.8 Å². The molecule has 3 rings (SSSR count). The van der Waals surface area contributed by atoms with Crippen LogP contribution in [0.3, 0.4) is 0 Å². The second-order valence-corrected chi connectivity index (χ2v) is 7.48. The summed E-state index contributed by atoms with van der Waals surface area (Å²) in [6, 6.07) is 4.82. The molecule has 4 nitrogen and oxygen atoms in total. The van der Waals surface area contributed by atoms with E-state index in [2.05, 4.69) is 5.32 Å². The van der Waals surface area contributed by atoms with Gasteiger partial charge in [0, 0.05) is 13.5 Å². The monoisotopic (exact) mass is 368 g/mol. The van der Waals surface area contributed by atoms with Crippen LogP contribution in [0.15, 0.2) is 24.3 Å². The lowest BCUT2D eigenvalue weighted by molar-refractivity contribution is -0.137. The van der Waals surface area contributed by atoms with Crippen LogP contribution in [-0.4, -0.2) is 30.3 Å². The number of alkyl halides is 3. The molecule has 1 aromatic rings. The molecule has 26 heavy (non-hydrogen) atoms. The molecule has 0 spiro atoms. The summed E-state index contributed by atoms with van der Waals surface area (Å²) < 4.78 is 38.9. The van der Waals surface area contributed by atoms with Crippen LogP contribution >= 0.6 is 0 Å². The topological polar surface area (TPSA) is 49.4 Å². The van der Waals surface area contributed by atoms with Gasteiger partial charge >= 0.3 is 6.18 Å². The number of likely N-dealkylation sites (N-methyl/N-ethyl adjacent to an activating group) is 1. The molecule has 1 N–H and O–H groups in total. The molecule has 0 saturated heterocycles. The SMILES string of the molecule is CN(CC(=O)Nc1ccccc1C(F)(F)F)C(=O)C[C@@H]1C[C@H]2CC[C@@H]1C2. The Bertz CT molecular complexity index is 690. The van der Waals surface area contributed by atoms with Crippen molar-refractivity contribution in [1.29, 1.82) is 0 Å². The van der Waals surface area contributed by atoms with Gasteiger partial charge in [-0.1, -0.05) is 18.6 Å². The van der Waals surface area contributed by atoms with E-state index in [1.807, 2.05) is 0 Å². The normalized spacial score (nSPS) is 24.5. The number of hydrogen-bond acceptors (Lipinski definition) is 2. The van der Waals surface area contributed by atoms with Crippen LogP contribution in [0.4, 0.5) is 18.9 Å². The van der Waals surface area contributed by atoms with Crippen LogP contribution in [-0.2, 0) is 15.8 Å². The van der Waals surface area contributed by atoms with Gasteiger partial charge in [-0.3, -0.25) is 9.59 Å². The number of amides is 2. The van der Waals surface area contributed by atoms with E-state index in [-0.39, 0.29) is 18.1 Å². The van der Waals surface area contributed by atoms with Crippen molar-refractivity contribution in [2.45, 2.75) is 38.3 Å². The first-order valence-corrected chi connectivity index (χ1v) is 8.94. The van der Waals surface area contributed by atoms with Gasteiger partial charge < -0.3 is 10.2 Å². The van der Waals surface area contributed by atoms with Gasteiger partial charge in [0.15, 0.2) is 0 Å². The quantitative estimate of drug-likeness (QED) is 0.856. The Morgan fingerprint density at radius 1 is 1.19 bits per heavy atom. The van der Waals surface area contributed by atoms with Gasteiger partial charge in [0.2, 0.25) is 11.8 Å². The zero-order valence-corrected chi connectivity index (χ0v) is 14.7. The Kier molecular flexibility index (Phi) is 5.25.